The van der Waals surface area contributed by atoms with E-state index in [9.17, 15) is 0 Å². The van der Waals surface area contributed by atoms with Gasteiger partial charge in [-0.2, -0.15) is 0 Å². The van der Waals surface area contributed by atoms with Crippen molar-refractivity contribution in [3.05, 3.63) is 152 Å². The predicted octanol–water partition coefficient (Wildman–Crippen LogP) is 11.3. The molecule has 0 atom stereocenters. The third kappa shape index (κ3) is 3.48. The maximum absolute atomic E-state index is 4.36. The van der Waals surface area contributed by atoms with Crippen LogP contribution >= 0.6 is 11.3 Å². The summed E-state index contributed by atoms with van der Waals surface area (Å²) in [7, 11) is 0. The molecule has 3 nitrogen and oxygen atoms in total. The molecule has 0 unspecified atom stereocenters. The van der Waals surface area contributed by atoms with Gasteiger partial charge < -0.3 is 9.13 Å². The van der Waals surface area contributed by atoms with Gasteiger partial charge in [0.1, 0.15) is 0 Å². The van der Waals surface area contributed by atoms with Crippen LogP contribution in [0.3, 0.4) is 0 Å². The van der Waals surface area contributed by atoms with Gasteiger partial charge in [0, 0.05) is 60.8 Å². The van der Waals surface area contributed by atoms with Gasteiger partial charge in [-0.25, -0.2) is 0 Å². The van der Waals surface area contributed by atoms with E-state index in [4.69, 9.17) is 0 Å². The fourth-order valence-corrected chi connectivity index (χ4v) is 8.43. The van der Waals surface area contributed by atoms with E-state index in [2.05, 4.69) is 154 Å². The Balaban J connectivity index is 1.30. The molecule has 0 fully saturated rings. The zero-order chi connectivity index (χ0) is 29.5. The molecule has 0 aliphatic carbocycles. The number of rotatable bonds is 3. The Morgan fingerprint density at radius 2 is 1.02 bits per heavy atom. The normalized spacial score (nSPS) is 12.0. The number of fused-ring (bicyclic) bond motifs is 9. The maximum Gasteiger partial charge on any atom is 0.0547 e. The van der Waals surface area contributed by atoms with E-state index < -0.39 is 0 Å². The first-order chi connectivity index (χ1) is 22.3. The third-order valence-corrected chi connectivity index (χ3v) is 10.3. The van der Waals surface area contributed by atoms with E-state index in [1.165, 1.54) is 86.3 Å². The summed E-state index contributed by atoms with van der Waals surface area (Å²) in [6.07, 6.45) is 3.87. The second-order valence-corrected chi connectivity index (χ2v) is 12.7. The standard InChI is InChI=1S/C41H25N3S/c1-2-10-26(11-3-1)43-34-16-6-4-12-31(34)40-29(14-8-18-36(40)43)30-15-9-19-37-41(30)32-13-5-7-17-35(32)44(37)27-20-21-38-33(24-27)28-22-23-42-25-39(28)45-38/h1-25H. The molecule has 45 heavy (non-hydrogen) atoms. The lowest BCUT2D eigenvalue weighted by molar-refractivity contribution is 1.18. The van der Waals surface area contributed by atoms with Gasteiger partial charge in [-0.1, -0.05) is 78.9 Å². The van der Waals surface area contributed by atoms with E-state index in [0.717, 1.165) is 0 Å². The van der Waals surface area contributed by atoms with Crippen molar-refractivity contribution in [2.45, 2.75) is 0 Å². The van der Waals surface area contributed by atoms with E-state index in [-0.39, 0.29) is 0 Å². The van der Waals surface area contributed by atoms with Crippen molar-refractivity contribution in [1.82, 2.24) is 14.1 Å². The van der Waals surface area contributed by atoms with Crippen molar-refractivity contribution in [1.29, 1.82) is 0 Å². The highest BCUT2D eigenvalue weighted by atomic mass is 32.1. The molecule has 0 bridgehead atoms. The molecule has 10 rings (SSSR count). The lowest BCUT2D eigenvalue weighted by Gasteiger charge is -2.11. The second-order valence-electron chi connectivity index (χ2n) is 11.6. The average Bonchev–Trinajstić information content (AvgIpc) is 3.76. The first-order valence-corrected chi connectivity index (χ1v) is 16.0. The Bertz CT molecular complexity index is 2760. The minimum atomic E-state index is 1.17. The Kier molecular flexibility index (Phi) is 5.16. The molecule has 6 aromatic carbocycles. The predicted molar refractivity (Wildman–Crippen MR) is 191 cm³/mol. The molecule has 4 aromatic heterocycles. The number of thiophene rings is 1. The van der Waals surface area contributed by atoms with E-state index in [1.807, 2.05) is 12.4 Å². The first-order valence-electron chi connectivity index (χ1n) is 15.2. The second kappa shape index (κ2) is 9.39. The van der Waals surface area contributed by atoms with Gasteiger partial charge in [0.15, 0.2) is 0 Å². The zero-order valence-corrected chi connectivity index (χ0v) is 25.0. The largest absolute Gasteiger partial charge is 0.309 e. The Labute approximate surface area is 262 Å². The average molecular weight is 592 g/mol. The van der Waals surface area contributed by atoms with Crippen LogP contribution in [0.5, 0.6) is 0 Å². The quantitative estimate of drug-likeness (QED) is 0.200. The van der Waals surface area contributed by atoms with E-state index in [0.29, 0.717) is 0 Å². The minimum absolute atomic E-state index is 1.17. The van der Waals surface area contributed by atoms with Crippen LogP contribution < -0.4 is 0 Å². The molecule has 4 heterocycles. The van der Waals surface area contributed by atoms with Gasteiger partial charge in [-0.05, 0) is 71.8 Å². The summed E-state index contributed by atoms with van der Waals surface area (Å²) < 4.78 is 7.33. The summed E-state index contributed by atoms with van der Waals surface area (Å²) in [5.74, 6) is 0. The van der Waals surface area contributed by atoms with Crippen molar-refractivity contribution in [3.63, 3.8) is 0 Å². The fourth-order valence-electron chi connectivity index (χ4n) is 7.38. The van der Waals surface area contributed by atoms with Gasteiger partial charge >= 0.3 is 0 Å². The number of para-hydroxylation sites is 3. The molecule has 0 saturated carbocycles. The molecule has 10 aromatic rings. The molecule has 4 heteroatoms. The van der Waals surface area contributed by atoms with Crippen LogP contribution in [0.2, 0.25) is 0 Å². The number of hydrogen-bond donors (Lipinski definition) is 0. The van der Waals surface area contributed by atoms with E-state index in [1.54, 1.807) is 11.3 Å². The highest BCUT2D eigenvalue weighted by molar-refractivity contribution is 7.25. The summed E-state index contributed by atoms with van der Waals surface area (Å²) in [6.45, 7) is 0. The molecule has 0 spiro atoms. The van der Waals surface area contributed by atoms with Gasteiger partial charge in [0.05, 0.1) is 26.8 Å². The number of aromatic nitrogens is 3. The maximum atomic E-state index is 4.36. The number of benzene rings is 6. The Morgan fingerprint density at radius 3 is 1.71 bits per heavy atom. The highest BCUT2D eigenvalue weighted by Gasteiger charge is 2.20. The van der Waals surface area contributed by atoms with Crippen LogP contribution in [0.25, 0.3) is 86.3 Å². The molecule has 0 aliphatic rings. The molecular weight excluding hydrogens is 567 g/mol. The van der Waals surface area contributed by atoms with Gasteiger partial charge in [0.2, 0.25) is 0 Å². The molecule has 0 radical (unpaired) electrons. The van der Waals surface area contributed by atoms with Crippen LogP contribution in [0.1, 0.15) is 0 Å². The van der Waals surface area contributed by atoms with Crippen LogP contribution in [0.15, 0.2) is 152 Å². The van der Waals surface area contributed by atoms with Crippen LogP contribution in [0.4, 0.5) is 0 Å². The monoisotopic (exact) mass is 591 g/mol. The van der Waals surface area contributed by atoms with Crippen LogP contribution in [-0.2, 0) is 0 Å². The molecule has 210 valence electrons. The lowest BCUT2D eigenvalue weighted by Crippen LogP contribution is -1.94. The van der Waals surface area contributed by atoms with E-state index >= 15 is 0 Å². The molecule has 0 amide bonds. The molecule has 0 saturated heterocycles. The Hall–Kier alpha value is -5.71. The van der Waals surface area contributed by atoms with Crippen LogP contribution in [0, 0.1) is 0 Å². The number of nitrogens with zero attached hydrogens (tertiary/aromatic N) is 3. The number of hydrogen-bond acceptors (Lipinski definition) is 2. The van der Waals surface area contributed by atoms with Gasteiger partial charge in [-0.3, -0.25) is 4.98 Å². The van der Waals surface area contributed by atoms with Gasteiger partial charge in [0.25, 0.3) is 0 Å². The summed E-state index contributed by atoms with van der Waals surface area (Å²) >= 11 is 1.80. The Morgan fingerprint density at radius 1 is 0.422 bits per heavy atom. The van der Waals surface area contributed by atoms with Crippen LogP contribution in [-0.4, -0.2) is 14.1 Å². The topological polar surface area (TPSA) is 22.8 Å². The third-order valence-electron chi connectivity index (χ3n) is 9.22. The summed E-state index contributed by atoms with van der Waals surface area (Å²) in [4.78, 5) is 4.36. The fraction of sp³-hybridized carbons (Fsp3) is 0. The summed E-state index contributed by atoms with van der Waals surface area (Å²) in [5.41, 5.74) is 9.68. The molecule has 0 aliphatic heterocycles. The van der Waals surface area contributed by atoms with Crippen molar-refractivity contribution in [3.8, 4) is 22.5 Å². The van der Waals surface area contributed by atoms with Crippen molar-refractivity contribution >= 4 is 75.1 Å². The van der Waals surface area contributed by atoms with Crippen molar-refractivity contribution < 1.29 is 0 Å². The van der Waals surface area contributed by atoms with Gasteiger partial charge in [-0.15, -0.1) is 11.3 Å². The van der Waals surface area contributed by atoms with Crippen molar-refractivity contribution in [2.24, 2.45) is 0 Å². The van der Waals surface area contributed by atoms with Crippen molar-refractivity contribution in [2.75, 3.05) is 0 Å². The minimum Gasteiger partial charge on any atom is -0.309 e. The smallest absolute Gasteiger partial charge is 0.0547 e. The molecule has 0 N–H and O–H groups in total. The number of pyridine rings is 1. The summed E-state index contributed by atoms with van der Waals surface area (Å²) in [6, 6.07) is 50.9. The molecular formula is C41H25N3S. The first kappa shape index (κ1) is 24.7. The lowest BCUT2D eigenvalue weighted by atomic mass is 9.95. The SMILES string of the molecule is c1ccc(-n2c3ccccc3c3c(-c4cccc5c4c4ccccc4n5-c4ccc5sc6cnccc6c5c4)cccc32)cc1. The highest BCUT2D eigenvalue weighted by Crippen LogP contribution is 2.44. The summed E-state index contributed by atoms with van der Waals surface area (Å²) in [5, 5.41) is 7.60. The zero-order valence-electron chi connectivity index (χ0n) is 24.2.